The first-order valence-corrected chi connectivity index (χ1v) is 8.85. The predicted octanol–water partition coefficient (Wildman–Crippen LogP) is 3.20. The molecule has 1 heterocycles. The highest BCUT2D eigenvalue weighted by Gasteiger charge is 2.54. The molecule has 2 aliphatic rings. The van der Waals surface area contributed by atoms with Crippen LogP contribution in [-0.2, 0) is 10.4 Å². The highest BCUT2D eigenvalue weighted by Crippen LogP contribution is 2.49. The number of hydrogen-bond donors (Lipinski definition) is 2. The molecule has 0 unspecified atom stereocenters. The Morgan fingerprint density at radius 2 is 1.88 bits per heavy atom. The summed E-state index contributed by atoms with van der Waals surface area (Å²) in [5.41, 5.74) is -1.18. The van der Waals surface area contributed by atoms with Gasteiger partial charge in [-0.2, -0.15) is 0 Å². The number of benzene rings is 1. The lowest BCUT2D eigenvalue weighted by molar-refractivity contribution is -0.167. The van der Waals surface area contributed by atoms with Crippen molar-refractivity contribution in [3.8, 4) is 0 Å². The summed E-state index contributed by atoms with van der Waals surface area (Å²) < 4.78 is 27.4. The van der Waals surface area contributed by atoms with E-state index in [2.05, 4.69) is 4.90 Å². The standard InChI is InChI=1S/C19H25F2NO3/c1-22-10-7-13(8-11-22)15-4-2-3-5-16(15)19(25,17(23)24)14-6-9-18(20,21)12-14/h2-5,13-14,25H,6-12H2,1H3,(H,23,24)/t14-,19-/m1/s1. The molecule has 1 aromatic carbocycles. The topological polar surface area (TPSA) is 60.8 Å². The molecule has 6 heteroatoms. The van der Waals surface area contributed by atoms with Crippen LogP contribution in [0.15, 0.2) is 24.3 Å². The van der Waals surface area contributed by atoms with E-state index < -0.39 is 29.8 Å². The summed E-state index contributed by atoms with van der Waals surface area (Å²) in [6.45, 7) is 1.79. The summed E-state index contributed by atoms with van der Waals surface area (Å²) in [6, 6.07) is 6.93. The van der Waals surface area contributed by atoms with Gasteiger partial charge in [-0.25, -0.2) is 13.6 Å². The Bertz CT molecular complexity index is 643. The molecule has 1 saturated carbocycles. The number of aliphatic carboxylic acids is 1. The van der Waals surface area contributed by atoms with Gasteiger partial charge < -0.3 is 15.1 Å². The van der Waals surface area contributed by atoms with Crippen molar-refractivity contribution in [2.75, 3.05) is 20.1 Å². The Hall–Kier alpha value is -1.53. The van der Waals surface area contributed by atoms with E-state index in [4.69, 9.17) is 0 Å². The van der Waals surface area contributed by atoms with Crippen molar-refractivity contribution < 1.29 is 23.8 Å². The SMILES string of the molecule is CN1CCC(c2ccccc2[C@@](O)(C(=O)O)[C@@H]2CCC(F)(F)C2)CC1. The summed E-state index contributed by atoms with van der Waals surface area (Å²) in [6.07, 6.45) is 0.785. The van der Waals surface area contributed by atoms with Crippen LogP contribution < -0.4 is 0 Å². The molecule has 0 radical (unpaired) electrons. The average molecular weight is 353 g/mol. The number of carboxylic acids is 1. The first-order valence-electron chi connectivity index (χ1n) is 8.85. The van der Waals surface area contributed by atoms with Crippen molar-refractivity contribution in [1.29, 1.82) is 0 Å². The molecule has 25 heavy (non-hydrogen) atoms. The van der Waals surface area contributed by atoms with E-state index in [0.717, 1.165) is 31.5 Å². The third kappa shape index (κ3) is 3.42. The van der Waals surface area contributed by atoms with Gasteiger partial charge in [0.1, 0.15) is 0 Å². The normalized spacial score (nSPS) is 27.1. The zero-order valence-corrected chi connectivity index (χ0v) is 14.4. The van der Waals surface area contributed by atoms with Gasteiger partial charge in [0.2, 0.25) is 5.92 Å². The van der Waals surface area contributed by atoms with Crippen molar-refractivity contribution in [2.24, 2.45) is 5.92 Å². The molecule has 0 bridgehead atoms. The van der Waals surface area contributed by atoms with Crippen molar-refractivity contribution in [3.63, 3.8) is 0 Å². The molecule has 3 rings (SSSR count). The fourth-order valence-electron chi connectivity index (χ4n) is 4.34. The van der Waals surface area contributed by atoms with E-state index in [9.17, 15) is 23.8 Å². The Morgan fingerprint density at radius 3 is 2.44 bits per heavy atom. The van der Waals surface area contributed by atoms with Gasteiger partial charge in [0, 0.05) is 18.8 Å². The number of carbonyl (C=O) groups is 1. The van der Waals surface area contributed by atoms with Crippen LogP contribution in [0.5, 0.6) is 0 Å². The molecule has 1 aliphatic heterocycles. The Balaban J connectivity index is 1.99. The largest absolute Gasteiger partial charge is 0.479 e. The number of nitrogens with zero attached hydrogens (tertiary/aromatic N) is 1. The van der Waals surface area contributed by atoms with Gasteiger partial charge in [0.15, 0.2) is 5.60 Å². The van der Waals surface area contributed by atoms with Crippen LogP contribution in [-0.4, -0.2) is 47.1 Å². The van der Waals surface area contributed by atoms with Gasteiger partial charge in [-0.05, 0) is 56.4 Å². The summed E-state index contributed by atoms with van der Waals surface area (Å²) in [4.78, 5) is 14.2. The van der Waals surface area contributed by atoms with Gasteiger partial charge in [-0.1, -0.05) is 24.3 Å². The molecule has 1 aliphatic carbocycles. The van der Waals surface area contributed by atoms with E-state index >= 15 is 0 Å². The maximum atomic E-state index is 13.7. The molecule has 1 aromatic rings. The van der Waals surface area contributed by atoms with Crippen molar-refractivity contribution in [1.82, 2.24) is 4.90 Å². The minimum atomic E-state index is -2.91. The Labute approximate surface area is 146 Å². The van der Waals surface area contributed by atoms with Crippen LogP contribution in [0.4, 0.5) is 8.78 Å². The number of halogens is 2. The number of carboxylic acid groups (broad SMARTS) is 1. The van der Waals surface area contributed by atoms with Gasteiger partial charge in [-0.3, -0.25) is 0 Å². The molecule has 4 nitrogen and oxygen atoms in total. The number of hydrogen-bond acceptors (Lipinski definition) is 3. The lowest BCUT2D eigenvalue weighted by atomic mass is 9.74. The summed E-state index contributed by atoms with van der Waals surface area (Å²) in [5.74, 6) is -5.18. The van der Waals surface area contributed by atoms with E-state index in [1.165, 1.54) is 0 Å². The van der Waals surface area contributed by atoms with Crippen LogP contribution in [0.25, 0.3) is 0 Å². The highest BCUT2D eigenvalue weighted by molar-refractivity contribution is 5.80. The molecule has 2 N–H and O–H groups in total. The number of piperidine rings is 1. The molecule has 1 saturated heterocycles. The van der Waals surface area contributed by atoms with Crippen LogP contribution in [0.3, 0.4) is 0 Å². The van der Waals surface area contributed by atoms with Crippen LogP contribution in [0.2, 0.25) is 0 Å². The smallest absolute Gasteiger partial charge is 0.340 e. The maximum absolute atomic E-state index is 13.7. The zero-order chi connectivity index (χ0) is 18.2. The molecule has 138 valence electrons. The van der Waals surface area contributed by atoms with Crippen LogP contribution >= 0.6 is 0 Å². The molecular weight excluding hydrogens is 328 g/mol. The van der Waals surface area contributed by atoms with Crippen molar-refractivity contribution >= 4 is 5.97 Å². The second kappa shape index (κ2) is 6.65. The Kier molecular flexibility index (Phi) is 4.86. The highest BCUT2D eigenvalue weighted by atomic mass is 19.3. The summed E-state index contributed by atoms with van der Waals surface area (Å²) in [7, 11) is 2.04. The van der Waals surface area contributed by atoms with E-state index in [1.807, 2.05) is 19.2 Å². The van der Waals surface area contributed by atoms with Gasteiger partial charge in [0.25, 0.3) is 0 Å². The van der Waals surface area contributed by atoms with Crippen molar-refractivity contribution in [3.05, 3.63) is 35.4 Å². The fraction of sp³-hybridized carbons (Fsp3) is 0.632. The van der Waals surface area contributed by atoms with E-state index in [1.54, 1.807) is 12.1 Å². The summed E-state index contributed by atoms with van der Waals surface area (Å²) >= 11 is 0. The second-order valence-corrected chi connectivity index (χ2v) is 7.53. The number of alkyl halides is 2. The molecule has 2 fully saturated rings. The number of aliphatic hydroxyl groups is 1. The fourth-order valence-corrected chi connectivity index (χ4v) is 4.34. The predicted molar refractivity (Wildman–Crippen MR) is 89.7 cm³/mol. The first kappa shape index (κ1) is 18.3. The monoisotopic (exact) mass is 353 g/mol. The first-order chi connectivity index (χ1) is 11.7. The van der Waals surface area contributed by atoms with Crippen LogP contribution in [0.1, 0.15) is 49.1 Å². The number of rotatable bonds is 4. The summed E-state index contributed by atoms with van der Waals surface area (Å²) in [5, 5.41) is 20.9. The van der Waals surface area contributed by atoms with E-state index in [-0.39, 0.29) is 18.8 Å². The van der Waals surface area contributed by atoms with Crippen LogP contribution in [0, 0.1) is 5.92 Å². The molecular formula is C19H25F2NO3. The minimum Gasteiger partial charge on any atom is -0.479 e. The molecule has 0 spiro atoms. The number of likely N-dealkylation sites (tertiary alicyclic amines) is 1. The minimum absolute atomic E-state index is 0.0114. The maximum Gasteiger partial charge on any atom is 0.340 e. The Morgan fingerprint density at radius 1 is 1.24 bits per heavy atom. The molecule has 0 amide bonds. The zero-order valence-electron chi connectivity index (χ0n) is 14.4. The quantitative estimate of drug-likeness (QED) is 0.873. The van der Waals surface area contributed by atoms with Gasteiger partial charge in [-0.15, -0.1) is 0 Å². The second-order valence-electron chi connectivity index (χ2n) is 7.53. The molecule has 2 atom stereocenters. The van der Waals surface area contributed by atoms with Gasteiger partial charge >= 0.3 is 5.97 Å². The lowest BCUT2D eigenvalue weighted by Gasteiger charge is -2.36. The lowest BCUT2D eigenvalue weighted by Crippen LogP contribution is -2.44. The third-order valence-corrected chi connectivity index (χ3v) is 5.85. The average Bonchev–Trinajstić information content (AvgIpc) is 2.95. The molecule has 0 aromatic heterocycles. The van der Waals surface area contributed by atoms with E-state index in [0.29, 0.717) is 5.56 Å². The van der Waals surface area contributed by atoms with Crippen molar-refractivity contribution in [2.45, 2.75) is 49.5 Å². The van der Waals surface area contributed by atoms with Gasteiger partial charge in [0.05, 0.1) is 0 Å². The third-order valence-electron chi connectivity index (χ3n) is 5.85.